The van der Waals surface area contributed by atoms with Gasteiger partial charge in [0.1, 0.15) is 0 Å². The Hall–Kier alpha value is -1.22. The molecule has 0 spiro atoms. The minimum Gasteiger partial charge on any atom is -0.478 e. The number of thiophene rings is 1. The van der Waals surface area contributed by atoms with Crippen molar-refractivity contribution in [1.82, 2.24) is 9.44 Å². The molecule has 17 heavy (non-hydrogen) atoms. The second-order valence-electron chi connectivity index (χ2n) is 3.05. The fraction of sp³-hybridized carbons (Fsp3) is 0.222. The van der Waals surface area contributed by atoms with E-state index in [4.69, 9.17) is 5.11 Å². The lowest BCUT2D eigenvalue weighted by Gasteiger charge is -2.02. The molecule has 1 aromatic rings. The Labute approximate surface area is 103 Å². The lowest BCUT2D eigenvalue weighted by Crippen LogP contribution is -2.33. The van der Waals surface area contributed by atoms with Crippen LogP contribution in [-0.4, -0.2) is 26.5 Å². The molecule has 0 unspecified atom stereocenters. The summed E-state index contributed by atoms with van der Waals surface area (Å²) < 4.78 is 26.6. The molecule has 0 aliphatic carbocycles. The van der Waals surface area contributed by atoms with Crippen molar-refractivity contribution < 1.29 is 18.3 Å². The van der Waals surface area contributed by atoms with E-state index in [1.54, 1.807) is 11.4 Å². The molecule has 0 amide bonds. The van der Waals surface area contributed by atoms with Crippen molar-refractivity contribution >= 4 is 33.6 Å². The molecule has 1 rings (SSSR count). The number of carboxylic acids is 1. The summed E-state index contributed by atoms with van der Waals surface area (Å²) in [5.41, 5.74) is 0.732. The summed E-state index contributed by atoms with van der Waals surface area (Å²) in [4.78, 5) is 11.1. The Bertz CT molecular complexity index is 519. The first-order valence-corrected chi connectivity index (χ1v) is 6.96. The second kappa shape index (κ2) is 5.92. The maximum absolute atomic E-state index is 11.1. The summed E-state index contributed by atoms with van der Waals surface area (Å²) in [5, 5.41) is 10.2. The van der Waals surface area contributed by atoms with Gasteiger partial charge in [0, 0.05) is 24.5 Å². The summed E-state index contributed by atoms with van der Waals surface area (Å²) in [6, 6.07) is 1.72. The third-order valence-corrected chi connectivity index (χ3v) is 3.81. The highest BCUT2D eigenvalue weighted by molar-refractivity contribution is 7.87. The molecule has 0 bridgehead atoms. The molecule has 0 radical (unpaired) electrons. The van der Waals surface area contributed by atoms with Crippen LogP contribution < -0.4 is 9.44 Å². The number of hydrogen-bond acceptors (Lipinski definition) is 4. The minimum absolute atomic E-state index is 0.175. The van der Waals surface area contributed by atoms with Crippen LogP contribution in [0, 0.1) is 0 Å². The summed E-state index contributed by atoms with van der Waals surface area (Å²) >= 11 is 1.35. The monoisotopic (exact) mass is 276 g/mol. The molecule has 3 N–H and O–H groups in total. The van der Waals surface area contributed by atoms with Gasteiger partial charge in [-0.15, -0.1) is 11.3 Å². The molecule has 8 heteroatoms. The number of hydrogen-bond donors (Lipinski definition) is 3. The van der Waals surface area contributed by atoms with E-state index in [0.29, 0.717) is 0 Å². The predicted octanol–water partition coefficient (Wildman–Crippen LogP) is 0.400. The Morgan fingerprint density at radius 3 is 2.88 bits per heavy atom. The molecule has 0 saturated carbocycles. The van der Waals surface area contributed by atoms with E-state index in [1.165, 1.54) is 24.5 Å². The van der Waals surface area contributed by atoms with Crippen molar-refractivity contribution in [3.05, 3.63) is 28.0 Å². The number of carboxylic acid groups (broad SMARTS) is 1. The van der Waals surface area contributed by atoms with Gasteiger partial charge in [0.05, 0.1) is 0 Å². The molecular formula is C9H12N2O4S2. The number of carbonyl (C=O) groups is 1. The molecule has 0 aliphatic heterocycles. The van der Waals surface area contributed by atoms with Gasteiger partial charge >= 0.3 is 5.97 Å². The lowest BCUT2D eigenvalue weighted by molar-refractivity contribution is -0.131. The molecule has 1 heterocycles. The van der Waals surface area contributed by atoms with E-state index in [2.05, 4.69) is 9.44 Å². The second-order valence-corrected chi connectivity index (χ2v) is 5.75. The average molecular weight is 276 g/mol. The zero-order chi connectivity index (χ0) is 12.9. The van der Waals surface area contributed by atoms with Gasteiger partial charge in [-0.05, 0) is 23.1 Å². The fourth-order valence-electron chi connectivity index (χ4n) is 0.984. The Morgan fingerprint density at radius 2 is 2.29 bits per heavy atom. The number of aliphatic carboxylic acids is 1. The van der Waals surface area contributed by atoms with Crippen LogP contribution in [0.3, 0.4) is 0 Å². The molecule has 0 fully saturated rings. The van der Waals surface area contributed by atoms with E-state index >= 15 is 0 Å². The molecule has 0 atom stereocenters. The van der Waals surface area contributed by atoms with E-state index in [-0.39, 0.29) is 6.54 Å². The van der Waals surface area contributed by atoms with Gasteiger partial charge in [0.15, 0.2) is 0 Å². The van der Waals surface area contributed by atoms with Crippen molar-refractivity contribution in [2.45, 2.75) is 6.54 Å². The first-order chi connectivity index (χ1) is 7.93. The zero-order valence-corrected chi connectivity index (χ0v) is 10.6. The molecule has 6 nitrogen and oxygen atoms in total. The lowest BCUT2D eigenvalue weighted by atomic mass is 10.3. The van der Waals surface area contributed by atoms with Gasteiger partial charge in [-0.2, -0.15) is 13.1 Å². The standard InChI is InChI=1S/C9H12N2O4S2/c1-10-17(14,15)11-5-8-4-7(6-16-8)2-3-9(12)13/h2-4,6,10-11H,5H2,1H3,(H,12,13)/b3-2+. The Balaban J connectivity index is 2.60. The fourth-order valence-corrected chi connectivity index (χ4v) is 2.36. The van der Waals surface area contributed by atoms with Crippen LogP contribution in [0.5, 0.6) is 0 Å². The van der Waals surface area contributed by atoms with Crippen LogP contribution in [0.2, 0.25) is 0 Å². The van der Waals surface area contributed by atoms with Crippen molar-refractivity contribution in [2.24, 2.45) is 0 Å². The van der Waals surface area contributed by atoms with E-state index in [0.717, 1.165) is 16.5 Å². The highest BCUT2D eigenvalue weighted by Gasteiger charge is 2.06. The third kappa shape index (κ3) is 5.09. The van der Waals surface area contributed by atoms with E-state index in [1.807, 2.05) is 0 Å². The van der Waals surface area contributed by atoms with Crippen molar-refractivity contribution in [2.75, 3.05) is 7.05 Å². The molecule has 0 aliphatic rings. The van der Waals surface area contributed by atoms with Crippen LogP contribution in [0.1, 0.15) is 10.4 Å². The number of nitrogens with one attached hydrogen (secondary N) is 2. The summed E-state index contributed by atoms with van der Waals surface area (Å²) in [7, 11) is -2.12. The van der Waals surface area contributed by atoms with Crippen molar-refractivity contribution in [1.29, 1.82) is 0 Å². The molecular weight excluding hydrogens is 264 g/mol. The van der Waals surface area contributed by atoms with Crippen LogP contribution in [0.25, 0.3) is 6.08 Å². The van der Waals surface area contributed by atoms with E-state index in [9.17, 15) is 13.2 Å². The molecule has 0 saturated heterocycles. The summed E-state index contributed by atoms with van der Waals surface area (Å²) in [6.45, 7) is 0.175. The normalized spacial score (nSPS) is 12.1. The molecule has 94 valence electrons. The van der Waals surface area contributed by atoms with Gasteiger partial charge in [-0.3, -0.25) is 0 Å². The van der Waals surface area contributed by atoms with Crippen molar-refractivity contribution in [3.8, 4) is 0 Å². The smallest absolute Gasteiger partial charge is 0.328 e. The van der Waals surface area contributed by atoms with Crippen LogP contribution >= 0.6 is 11.3 Å². The van der Waals surface area contributed by atoms with Crippen molar-refractivity contribution in [3.63, 3.8) is 0 Å². The minimum atomic E-state index is -3.44. The molecule has 0 aromatic carbocycles. The summed E-state index contributed by atoms with van der Waals surface area (Å²) in [5.74, 6) is -1.02. The number of rotatable bonds is 6. The third-order valence-electron chi connectivity index (χ3n) is 1.80. The predicted molar refractivity (Wildman–Crippen MR) is 65.8 cm³/mol. The zero-order valence-electron chi connectivity index (χ0n) is 9.00. The highest BCUT2D eigenvalue weighted by atomic mass is 32.2. The van der Waals surface area contributed by atoms with Crippen LogP contribution in [-0.2, 0) is 21.5 Å². The first kappa shape index (κ1) is 13.8. The van der Waals surface area contributed by atoms with Gasteiger partial charge in [0.2, 0.25) is 0 Å². The van der Waals surface area contributed by atoms with Gasteiger partial charge in [-0.25, -0.2) is 9.52 Å². The Morgan fingerprint density at radius 1 is 1.59 bits per heavy atom. The first-order valence-electron chi connectivity index (χ1n) is 4.59. The van der Waals surface area contributed by atoms with Crippen LogP contribution in [0.15, 0.2) is 17.5 Å². The van der Waals surface area contributed by atoms with Crippen LogP contribution in [0.4, 0.5) is 0 Å². The maximum Gasteiger partial charge on any atom is 0.328 e. The highest BCUT2D eigenvalue weighted by Crippen LogP contribution is 2.15. The Kier molecular flexibility index (Phi) is 4.82. The summed E-state index contributed by atoms with van der Waals surface area (Å²) in [6.07, 6.45) is 2.48. The average Bonchev–Trinajstić information content (AvgIpc) is 2.72. The van der Waals surface area contributed by atoms with Gasteiger partial charge in [0.25, 0.3) is 10.2 Å². The largest absolute Gasteiger partial charge is 0.478 e. The van der Waals surface area contributed by atoms with Gasteiger partial charge in [-0.1, -0.05) is 0 Å². The topological polar surface area (TPSA) is 95.5 Å². The molecule has 1 aromatic heterocycles. The quantitative estimate of drug-likeness (QED) is 0.655. The maximum atomic E-state index is 11.1. The van der Waals surface area contributed by atoms with Gasteiger partial charge < -0.3 is 5.11 Å². The van der Waals surface area contributed by atoms with E-state index < -0.39 is 16.2 Å². The SMILES string of the molecule is CNS(=O)(=O)NCc1cc(/C=C/C(=O)O)cs1.